The van der Waals surface area contributed by atoms with E-state index in [-0.39, 0.29) is 18.3 Å². The highest BCUT2D eigenvalue weighted by atomic mass is 127. The lowest BCUT2D eigenvalue weighted by Crippen LogP contribution is -2.41. The molecule has 114 valence electrons. The molecule has 1 aliphatic heterocycles. The summed E-state index contributed by atoms with van der Waals surface area (Å²) in [5.41, 5.74) is 0.599. The van der Waals surface area contributed by atoms with E-state index in [0.29, 0.717) is 0 Å². The van der Waals surface area contributed by atoms with Gasteiger partial charge >= 0.3 is 7.12 Å². The maximum Gasteiger partial charge on any atom is 0.487 e. The Morgan fingerprint density at radius 1 is 0.955 bits per heavy atom. The number of hydrogen-bond acceptors (Lipinski definition) is 2. The largest absolute Gasteiger partial charge is 0.487 e. The van der Waals surface area contributed by atoms with Crippen LogP contribution in [-0.4, -0.2) is 18.3 Å². The number of halogens is 1. The quantitative estimate of drug-likeness (QED) is 0.511. The third-order valence-corrected chi connectivity index (χ3v) is 5.49. The van der Waals surface area contributed by atoms with Crippen molar-refractivity contribution in [3.63, 3.8) is 0 Å². The van der Waals surface area contributed by atoms with Gasteiger partial charge in [-0.1, -0.05) is 42.4 Å². The Morgan fingerprint density at radius 2 is 1.55 bits per heavy atom. The van der Waals surface area contributed by atoms with Gasteiger partial charge in [-0.25, -0.2) is 0 Å². The lowest BCUT2D eigenvalue weighted by Gasteiger charge is -2.32. The third kappa shape index (κ3) is 2.84. The Bertz CT molecular complexity index is 716. The van der Waals surface area contributed by atoms with Crippen molar-refractivity contribution in [2.45, 2.75) is 38.9 Å². The molecule has 3 rings (SSSR count). The van der Waals surface area contributed by atoms with Gasteiger partial charge in [0.25, 0.3) is 0 Å². The predicted octanol–water partition coefficient (Wildman–Crippen LogP) is 5.09. The molecule has 2 aromatic carbocycles. The van der Waals surface area contributed by atoms with Gasteiger partial charge in [-0.15, -0.1) is 0 Å². The average Bonchev–Trinajstić information content (AvgIpc) is 2.64. The van der Waals surface area contributed by atoms with Crippen molar-refractivity contribution in [3.05, 3.63) is 51.5 Å². The minimum Gasteiger partial charge on any atom is -0.400 e. The van der Waals surface area contributed by atoms with E-state index >= 15 is 0 Å². The van der Waals surface area contributed by atoms with E-state index in [1.807, 2.05) is 5.98 Å². The molecule has 0 aliphatic carbocycles. The monoisotopic (exact) mass is 406 g/mol. The number of hydrogen-bond donors (Lipinski definition) is 0. The minimum absolute atomic E-state index is 0.296. The standard InChI is InChI=1S/C18H20BIO2/c1-17(2)18(3,4)22-19(21-17)12-11-14-8-5-7-13-9-6-10-15(20)16(13)14/h5-12H,1-4H3/b12-11+. The molecule has 2 nitrogen and oxygen atoms in total. The summed E-state index contributed by atoms with van der Waals surface area (Å²) in [6, 6.07) is 12.7. The lowest BCUT2D eigenvalue weighted by molar-refractivity contribution is 0.00578. The van der Waals surface area contributed by atoms with Crippen LogP contribution in [0.3, 0.4) is 0 Å². The molecule has 0 bridgehead atoms. The number of benzene rings is 2. The van der Waals surface area contributed by atoms with E-state index in [2.05, 4.69) is 92.8 Å². The minimum atomic E-state index is -0.304. The van der Waals surface area contributed by atoms with Gasteiger partial charge in [-0.2, -0.15) is 0 Å². The van der Waals surface area contributed by atoms with E-state index in [0.717, 1.165) is 0 Å². The van der Waals surface area contributed by atoms with Gasteiger partial charge in [0.15, 0.2) is 0 Å². The second-order valence-corrected chi connectivity index (χ2v) is 7.83. The topological polar surface area (TPSA) is 18.5 Å². The lowest BCUT2D eigenvalue weighted by atomic mass is 9.88. The molecule has 0 saturated carbocycles. The Labute approximate surface area is 146 Å². The second kappa shape index (κ2) is 5.66. The number of fused-ring (bicyclic) bond motifs is 1. The summed E-state index contributed by atoms with van der Waals surface area (Å²) >= 11 is 2.39. The maximum atomic E-state index is 6.02. The zero-order chi connectivity index (χ0) is 16.0. The second-order valence-electron chi connectivity index (χ2n) is 6.67. The molecular weight excluding hydrogens is 386 g/mol. The summed E-state index contributed by atoms with van der Waals surface area (Å²) in [6.45, 7) is 8.28. The summed E-state index contributed by atoms with van der Waals surface area (Å²) in [7, 11) is -0.304. The van der Waals surface area contributed by atoms with Crippen LogP contribution < -0.4 is 0 Å². The highest BCUT2D eigenvalue weighted by molar-refractivity contribution is 14.1. The fourth-order valence-electron chi connectivity index (χ4n) is 2.61. The molecule has 1 saturated heterocycles. The van der Waals surface area contributed by atoms with Crippen molar-refractivity contribution in [1.29, 1.82) is 0 Å². The van der Waals surface area contributed by atoms with Crippen molar-refractivity contribution < 1.29 is 9.31 Å². The fraction of sp³-hybridized carbons (Fsp3) is 0.333. The van der Waals surface area contributed by atoms with Crippen LogP contribution >= 0.6 is 22.6 Å². The normalized spacial score (nSPS) is 20.1. The van der Waals surface area contributed by atoms with E-state index in [1.54, 1.807) is 0 Å². The third-order valence-electron chi connectivity index (χ3n) is 4.59. The van der Waals surface area contributed by atoms with Crippen molar-refractivity contribution in [2.75, 3.05) is 0 Å². The van der Waals surface area contributed by atoms with E-state index < -0.39 is 0 Å². The molecule has 0 N–H and O–H groups in total. The summed E-state index contributed by atoms with van der Waals surface area (Å²) in [5, 5.41) is 2.53. The molecule has 0 unspecified atom stereocenters. The molecule has 0 atom stereocenters. The van der Waals surface area contributed by atoms with Gasteiger partial charge in [-0.3, -0.25) is 0 Å². The van der Waals surface area contributed by atoms with Crippen LogP contribution in [0.2, 0.25) is 0 Å². The first-order chi connectivity index (χ1) is 10.3. The average molecular weight is 406 g/mol. The first kappa shape index (κ1) is 16.0. The first-order valence-electron chi connectivity index (χ1n) is 7.51. The van der Waals surface area contributed by atoms with E-state index in [9.17, 15) is 0 Å². The Morgan fingerprint density at radius 3 is 2.18 bits per heavy atom. The SMILES string of the molecule is CC1(C)OB(/C=C/c2cccc3cccc(I)c23)OC1(C)C. The maximum absolute atomic E-state index is 6.02. The molecule has 0 radical (unpaired) electrons. The zero-order valence-corrected chi connectivity index (χ0v) is 15.5. The Hall–Kier alpha value is -0.845. The van der Waals surface area contributed by atoms with Crippen LogP contribution in [0.5, 0.6) is 0 Å². The Balaban J connectivity index is 1.92. The highest BCUT2D eigenvalue weighted by Crippen LogP contribution is 2.37. The molecular formula is C18H20BIO2. The van der Waals surface area contributed by atoms with Crippen molar-refractivity contribution >= 4 is 46.6 Å². The molecule has 1 heterocycles. The summed E-state index contributed by atoms with van der Waals surface area (Å²) in [6.07, 6.45) is 2.10. The fourth-order valence-corrected chi connectivity index (χ4v) is 3.44. The van der Waals surface area contributed by atoms with Crippen LogP contribution in [0.25, 0.3) is 16.8 Å². The van der Waals surface area contributed by atoms with Crippen molar-refractivity contribution in [3.8, 4) is 0 Å². The summed E-state index contributed by atoms with van der Waals surface area (Å²) < 4.78 is 13.3. The van der Waals surface area contributed by atoms with Crippen molar-refractivity contribution in [1.82, 2.24) is 0 Å². The number of rotatable bonds is 2. The van der Waals surface area contributed by atoms with Gasteiger partial charge in [0.2, 0.25) is 0 Å². The van der Waals surface area contributed by atoms with E-state index in [4.69, 9.17) is 9.31 Å². The summed E-state index contributed by atoms with van der Waals surface area (Å²) in [4.78, 5) is 0. The molecule has 0 spiro atoms. The van der Waals surface area contributed by atoms with Crippen LogP contribution in [0.4, 0.5) is 0 Å². The molecule has 22 heavy (non-hydrogen) atoms. The van der Waals surface area contributed by atoms with Gasteiger partial charge < -0.3 is 9.31 Å². The van der Waals surface area contributed by atoms with E-state index in [1.165, 1.54) is 19.9 Å². The molecule has 1 aliphatic rings. The Kier molecular flexibility index (Phi) is 4.12. The highest BCUT2D eigenvalue weighted by Gasteiger charge is 2.49. The van der Waals surface area contributed by atoms with Gasteiger partial charge in [0, 0.05) is 8.96 Å². The van der Waals surface area contributed by atoms with Gasteiger partial charge in [-0.05, 0) is 67.3 Å². The van der Waals surface area contributed by atoms with Gasteiger partial charge in [0.05, 0.1) is 11.2 Å². The predicted molar refractivity (Wildman–Crippen MR) is 102 cm³/mol. The van der Waals surface area contributed by atoms with Crippen LogP contribution in [0.1, 0.15) is 33.3 Å². The molecule has 2 aromatic rings. The molecule has 0 aromatic heterocycles. The van der Waals surface area contributed by atoms with Crippen LogP contribution in [0, 0.1) is 3.57 Å². The first-order valence-corrected chi connectivity index (χ1v) is 8.59. The zero-order valence-electron chi connectivity index (χ0n) is 13.4. The van der Waals surface area contributed by atoms with Crippen LogP contribution in [0.15, 0.2) is 42.4 Å². The van der Waals surface area contributed by atoms with Crippen molar-refractivity contribution in [2.24, 2.45) is 0 Å². The molecule has 1 fully saturated rings. The van der Waals surface area contributed by atoms with Crippen LogP contribution in [-0.2, 0) is 9.31 Å². The summed E-state index contributed by atoms with van der Waals surface area (Å²) in [5.74, 6) is 2.01. The molecule has 4 heteroatoms. The smallest absolute Gasteiger partial charge is 0.400 e. The van der Waals surface area contributed by atoms with Gasteiger partial charge in [0.1, 0.15) is 0 Å². The molecule has 0 amide bonds.